The highest BCUT2D eigenvalue weighted by atomic mass is 19.1. The molecule has 0 bridgehead atoms. The van der Waals surface area contributed by atoms with Crippen molar-refractivity contribution in [1.29, 1.82) is 5.41 Å². The molecule has 2 nitrogen and oxygen atoms in total. The predicted molar refractivity (Wildman–Crippen MR) is 47.3 cm³/mol. The Bertz CT molecular complexity index is 301. The average Bonchev–Trinajstić information content (AvgIpc) is 2.03. The maximum atomic E-state index is 12.4. The van der Waals surface area contributed by atoms with E-state index in [1.165, 1.54) is 18.2 Å². The lowest BCUT2D eigenvalue weighted by atomic mass is 10.2. The topological polar surface area (TPSA) is 49.9 Å². The van der Waals surface area contributed by atoms with Crippen molar-refractivity contribution in [2.75, 3.05) is 0 Å². The molecule has 12 heavy (non-hydrogen) atoms. The molecule has 0 heterocycles. The van der Waals surface area contributed by atoms with E-state index < -0.39 is 0 Å². The van der Waals surface area contributed by atoms with Gasteiger partial charge in [-0.1, -0.05) is 18.2 Å². The summed E-state index contributed by atoms with van der Waals surface area (Å²) < 4.78 is 12.4. The van der Waals surface area contributed by atoms with Gasteiger partial charge < -0.3 is 5.73 Å². The van der Waals surface area contributed by atoms with Gasteiger partial charge in [0, 0.05) is 0 Å². The van der Waals surface area contributed by atoms with E-state index in [1.54, 1.807) is 18.2 Å². The van der Waals surface area contributed by atoms with Gasteiger partial charge in [0.2, 0.25) is 0 Å². The Morgan fingerprint density at radius 3 is 2.42 bits per heavy atom. The van der Waals surface area contributed by atoms with E-state index >= 15 is 0 Å². The van der Waals surface area contributed by atoms with Crippen molar-refractivity contribution in [3.05, 3.63) is 41.7 Å². The lowest BCUT2D eigenvalue weighted by Gasteiger charge is -1.91. The van der Waals surface area contributed by atoms with Gasteiger partial charge in [0.05, 0.1) is 0 Å². The highest BCUT2D eigenvalue weighted by Gasteiger charge is 1.88. The first kappa shape index (κ1) is 8.46. The Balaban J connectivity index is 2.77. The fraction of sp³-hybridized carbons (Fsp3) is 0. The first-order valence-electron chi connectivity index (χ1n) is 3.46. The SMILES string of the molecule is N=C(N)C=Cc1ccc(F)cc1. The van der Waals surface area contributed by atoms with Gasteiger partial charge in [-0.25, -0.2) is 4.39 Å². The summed E-state index contributed by atoms with van der Waals surface area (Å²) in [6, 6.07) is 5.96. The molecule has 0 atom stereocenters. The molecule has 0 aliphatic heterocycles. The minimum atomic E-state index is -0.269. The molecular weight excluding hydrogens is 155 g/mol. The standard InChI is InChI=1S/C9H9FN2/c10-8-4-1-7(2-5-8)3-6-9(11)12/h1-6H,(H3,11,12). The minimum Gasteiger partial charge on any atom is -0.384 e. The molecule has 62 valence electrons. The Labute approximate surface area is 70.0 Å². The molecule has 0 aromatic heterocycles. The molecule has 3 N–H and O–H groups in total. The van der Waals surface area contributed by atoms with Crippen LogP contribution >= 0.6 is 0 Å². The Morgan fingerprint density at radius 2 is 1.92 bits per heavy atom. The summed E-state index contributed by atoms with van der Waals surface area (Å²) in [6.07, 6.45) is 3.11. The van der Waals surface area contributed by atoms with Gasteiger partial charge in [0.25, 0.3) is 0 Å². The van der Waals surface area contributed by atoms with Gasteiger partial charge in [-0.05, 0) is 23.8 Å². The summed E-state index contributed by atoms with van der Waals surface area (Å²) in [5.74, 6) is -0.283. The third-order valence-corrected chi connectivity index (χ3v) is 1.33. The van der Waals surface area contributed by atoms with E-state index in [0.717, 1.165) is 5.56 Å². The molecule has 1 rings (SSSR count). The molecule has 0 amide bonds. The maximum Gasteiger partial charge on any atom is 0.123 e. The van der Waals surface area contributed by atoms with Crippen molar-refractivity contribution in [1.82, 2.24) is 0 Å². The molecule has 0 saturated heterocycles. The molecule has 0 radical (unpaired) electrons. The quantitative estimate of drug-likeness (QED) is 0.508. The zero-order chi connectivity index (χ0) is 8.97. The van der Waals surface area contributed by atoms with Crippen molar-refractivity contribution in [2.45, 2.75) is 0 Å². The molecule has 3 heteroatoms. The Morgan fingerprint density at radius 1 is 1.33 bits per heavy atom. The molecule has 0 fully saturated rings. The lowest BCUT2D eigenvalue weighted by Crippen LogP contribution is -2.03. The fourth-order valence-electron chi connectivity index (χ4n) is 0.760. The molecule has 1 aromatic carbocycles. The number of amidine groups is 1. The van der Waals surface area contributed by atoms with Crippen molar-refractivity contribution >= 4 is 11.9 Å². The van der Waals surface area contributed by atoms with Crippen molar-refractivity contribution in [3.8, 4) is 0 Å². The van der Waals surface area contributed by atoms with Crippen LogP contribution in [0.2, 0.25) is 0 Å². The Hall–Kier alpha value is -1.64. The van der Waals surface area contributed by atoms with Gasteiger partial charge in [-0.15, -0.1) is 0 Å². The van der Waals surface area contributed by atoms with Crippen LogP contribution in [0.3, 0.4) is 0 Å². The second-order valence-corrected chi connectivity index (χ2v) is 2.34. The van der Waals surface area contributed by atoms with Crippen LogP contribution in [0.15, 0.2) is 30.3 Å². The largest absolute Gasteiger partial charge is 0.384 e. The highest BCUT2D eigenvalue weighted by molar-refractivity contribution is 5.92. The van der Waals surface area contributed by atoms with E-state index in [9.17, 15) is 4.39 Å². The van der Waals surface area contributed by atoms with E-state index in [2.05, 4.69) is 0 Å². The Kier molecular flexibility index (Phi) is 2.58. The number of rotatable bonds is 2. The zero-order valence-corrected chi connectivity index (χ0v) is 6.42. The van der Waals surface area contributed by atoms with Gasteiger partial charge in [-0.2, -0.15) is 0 Å². The normalized spacial score (nSPS) is 10.4. The third kappa shape index (κ3) is 2.54. The molecule has 0 saturated carbocycles. The second-order valence-electron chi connectivity index (χ2n) is 2.34. The van der Waals surface area contributed by atoms with E-state index in [1.807, 2.05) is 0 Å². The summed E-state index contributed by atoms with van der Waals surface area (Å²) in [4.78, 5) is 0. The molecule has 0 unspecified atom stereocenters. The lowest BCUT2D eigenvalue weighted by molar-refractivity contribution is 0.628. The van der Waals surface area contributed by atoms with Crippen LogP contribution in [0.5, 0.6) is 0 Å². The van der Waals surface area contributed by atoms with Crippen molar-refractivity contribution in [2.24, 2.45) is 5.73 Å². The maximum absolute atomic E-state index is 12.4. The van der Waals surface area contributed by atoms with Crippen LogP contribution in [0, 0.1) is 11.2 Å². The van der Waals surface area contributed by atoms with Gasteiger partial charge in [0.1, 0.15) is 11.7 Å². The first-order valence-corrected chi connectivity index (χ1v) is 3.46. The first-order chi connectivity index (χ1) is 5.68. The van der Waals surface area contributed by atoms with Crippen LogP contribution < -0.4 is 5.73 Å². The molecule has 1 aromatic rings. The van der Waals surface area contributed by atoms with Gasteiger partial charge in [0.15, 0.2) is 0 Å². The van der Waals surface area contributed by atoms with Crippen LogP contribution in [0.1, 0.15) is 5.56 Å². The number of halogens is 1. The summed E-state index contributed by atoms with van der Waals surface area (Å²) in [7, 11) is 0. The van der Waals surface area contributed by atoms with Crippen LogP contribution in [0.4, 0.5) is 4.39 Å². The van der Waals surface area contributed by atoms with Gasteiger partial charge >= 0.3 is 0 Å². The van der Waals surface area contributed by atoms with Crippen LogP contribution in [-0.2, 0) is 0 Å². The molecule has 0 aliphatic rings. The average molecular weight is 164 g/mol. The third-order valence-electron chi connectivity index (χ3n) is 1.33. The van der Waals surface area contributed by atoms with Gasteiger partial charge in [-0.3, -0.25) is 5.41 Å². The van der Waals surface area contributed by atoms with Crippen molar-refractivity contribution < 1.29 is 4.39 Å². The summed E-state index contributed by atoms with van der Waals surface area (Å²) >= 11 is 0. The molecule has 0 aliphatic carbocycles. The molecule has 0 spiro atoms. The second kappa shape index (κ2) is 3.67. The number of nitrogens with one attached hydrogen (secondary N) is 1. The van der Waals surface area contributed by atoms with E-state index in [0.29, 0.717) is 0 Å². The number of benzene rings is 1. The number of hydrogen-bond donors (Lipinski definition) is 2. The monoisotopic (exact) mass is 164 g/mol. The predicted octanol–water partition coefficient (Wildman–Crippen LogP) is 1.77. The van der Waals surface area contributed by atoms with Crippen molar-refractivity contribution in [3.63, 3.8) is 0 Å². The summed E-state index contributed by atoms with van der Waals surface area (Å²) in [5, 5.41) is 6.90. The minimum absolute atomic E-state index is 0.0145. The van der Waals surface area contributed by atoms with E-state index in [4.69, 9.17) is 11.1 Å². The van der Waals surface area contributed by atoms with E-state index in [-0.39, 0.29) is 11.7 Å². The highest BCUT2D eigenvalue weighted by Crippen LogP contribution is 2.03. The smallest absolute Gasteiger partial charge is 0.123 e. The number of nitrogens with two attached hydrogens (primary N) is 1. The van der Waals surface area contributed by atoms with Crippen LogP contribution in [0.25, 0.3) is 6.08 Å². The zero-order valence-electron chi connectivity index (χ0n) is 6.42. The van der Waals surface area contributed by atoms with Crippen LogP contribution in [-0.4, -0.2) is 5.84 Å². The molecular formula is C9H9FN2. The number of hydrogen-bond acceptors (Lipinski definition) is 1. The summed E-state index contributed by atoms with van der Waals surface area (Å²) in [5.41, 5.74) is 5.92. The summed E-state index contributed by atoms with van der Waals surface area (Å²) in [6.45, 7) is 0. The fourth-order valence-corrected chi connectivity index (χ4v) is 0.760.